The quantitative estimate of drug-likeness (QED) is 0.822. The number of thiophene rings is 1. The molecule has 0 saturated heterocycles. The summed E-state index contributed by atoms with van der Waals surface area (Å²) in [6.07, 6.45) is 0.668. The lowest BCUT2D eigenvalue weighted by Gasteiger charge is -2.03. The average molecular weight is 314 g/mol. The number of sulfonamides is 1. The van der Waals surface area contributed by atoms with Crippen LogP contribution in [0.15, 0.2) is 15.9 Å². The maximum Gasteiger partial charge on any atom is 0.213 e. The van der Waals surface area contributed by atoms with Crippen molar-refractivity contribution in [2.75, 3.05) is 18.9 Å². The minimum absolute atomic E-state index is 0.235. The van der Waals surface area contributed by atoms with Gasteiger partial charge in [-0.15, -0.1) is 11.3 Å². The molecule has 0 bridgehead atoms. The van der Waals surface area contributed by atoms with E-state index < -0.39 is 10.0 Å². The van der Waals surface area contributed by atoms with Crippen molar-refractivity contribution in [3.05, 3.63) is 20.8 Å². The molecule has 0 aromatic carbocycles. The van der Waals surface area contributed by atoms with E-state index in [0.717, 1.165) is 8.66 Å². The molecule has 0 amide bonds. The van der Waals surface area contributed by atoms with Gasteiger partial charge in [0, 0.05) is 11.4 Å². The van der Waals surface area contributed by atoms with Crippen LogP contribution in [0.5, 0.6) is 0 Å². The number of aliphatic hydroxyl groups is 1. The van der Waals surface area contributed by atoms with Gasteiger partial charge in [0.1, 0.15) is 0 Å². The van der Waals surface area contributed by atoms with E-state index in [1.165, 1.54) is 0 Å². The lowest BCUT2D eigenvalue weighted by Crippen LogP contribution is -2.29. The third-order valence-electron chi connectivity index (χ3n) is 1.68. The van der Waals surface area contributed by atoms with Crippen molar-refractivity contribution < 1.29 is 13.5 Å². The van der Waals surface area contributed by atoms with Crippen molar-refractivity contribution in [3.8, 4) is 0 Å². The monoisotopic (exact) mass is 313 g/mol. The Morgan fingerprint density at radius 2 is 2.20 bits per heavy atom. The standard InChI is InChI=1S/C8H12BrNO3S2/c9-8-2-1-7(14-8)3-4-10-15(12,13)6-5-11/h1-2,10-11H,3-6H2. The topological polar surface area (TPSA) is 66.4 Å². The molecule has 1 aromatic rings. The van der Waals surface area contributed by atoms with E-state index in [0.29, 0.717) is 13.0 Å². The number of hydrogen-bond donors (Lipinski definition) is 2. The van der Waals surface area contributed by atoms with Crippen molar-refractivity contribution in [3.63, 3.8) is 0 Å². The zero-order valence-electron chi connectivity index (χ0n) is 7.94. The Hall–Kier alpha value is 0.0500. The largest absolute Gasteiger partial charge is 0.395 e. The predicted molar refractivity (Wildman–Crippen MR) is 64.6 cm³/mol. The van der Waals surface area contributed by atoms with Gasteiger partial charge in [-0.05, 0) is 34.5 Å². The van der Waals surface area contributed by atoms with E-state index in [1.54, 1.807) is 11.3 Å². The van der Waals surface area contributed by atoms with Crippen molar-refractivity contribution in [1.82, 2.24) is 4.72 Å². The van der Waals surface area contributed by atoms with Gasteiger partial charge >= 0.3 is 0 Å². The molecule has 0 unspecified atom stereocenters. The van der Waals surface area contributed by atoms with E-state index in [2.05, 4.69) is 20.7 Å². The van der Waals surface area contributed by atoms with Crippen LogP contribution in [0.2, 0.25) is 0 Å². The lowest BCUT2D eigenvalue weighted by atomic mass is 10.3. The molecule has 0 aliphatic carbocycles. The Balaban J connectivity index is 2.33. The molecule has 1 heterocycles. The Bertz CT molecular complexity index is 402. The summed E-state index contributed by atoms with van der Waals surface area (Å²) in [5.41, 5.74) is 0. The van der Waals surface area contributed by atoms with Crippen LogP contribution >= 0.6 is 27.3 Å². The minimum atomic E-state index is -3.30. The SMILES string of the molecule is O=S(=O)(CCO)NCCc1ccc(Br)s1. The number of aliphatic hydroxyl groups excluding tert-OH is 1. The zero-order chi connectivity index (χ0) is 11.3. The predicted octanol–water partition coefficient (Wildman–Crippen LogP) is 0.965. The van der Waals surface area contributed by atoms with Crippen molar-refractivity contribution in [1.29, 1.82) is 0 Å². The van der Waals surface area contributed by atoms with Gasteiger partial charge in [-0.1, -0.05) is 0 Å². The second-order valence-corrected chi connectivity index (χ2v) is 7.37. The van der Waals surface area contributed by atoms with Crippen LogP contribution in [0, 0.1) is 0 Å². The molecular formula is C8H12BrNO3S2. The molecule has 4 nitrogen and oxygen atoms in total. The molecule has 0 radical (unpaired) electrons. The van der Waals surface area contributed by atoms with E-state index in [4.69, 9.17) is 5.11 Å². The molecule has 1 aromatic heterocycles. The highest BCUT2D eigenvalue weighted by atomic mass is 79.9. The fourth-order valence-electron chi connectivity index (χ4n) is 1.01. The maximum atomic E-state index is 11.1. The molecule has 1 rings (SSSR count). The molecule has 0 aliphatic rings. The summed E-state index contributed by atoms with van der Waals surface area (Å²) in [6, 6.07) is 3.89. The number of hydrogen-bond acceptors (Lipinski definition) is 4. The van der Waals surface area contributed by atoms with E-state index in [9.17, 15) is 8.42 Å². The summed E-state index contributed by atoms with van der Waals surface area (Å²) in [7, 11) is -3.30. The van der Waals surface area contributed by atoms with Crippen LogP contribution in [-0.4, -0.2) is 32.4 Å². The van der Waals surface area contributed by atoms with Crippen LogP contribution in [0.3, 0.4) is 0 Å². The van der Waals surface area contributed by atoms with E-state index in [-0.39, 0.29) is 12.4 Å². The molecule has 7 heteroatoms. The first-order valence-corrected chi connectivity index (χ1v) is 7.62. The molecule has 0 aliphatic heterocycles. The van der Waals surface area contributed by atoms with Crippen LogP contribution in [0.1, 0.15) is 4.88 Å². The molecule has 0 spiro atoms. The molecular weight excluding hydrogens is 302 g/mol. The second kappa shape index (κ2) is 5.95. The van der Waals surface area contributed by atoms with Crippen molar-refractivity contribution in [2.45, 2.75) is 6.42 Å². The van der Waals surface area contributed by atoms with Gasteiger partial charge in [-0.2, -0.15) is 0 Å². The van der Waals surface area contributed by atoms with Crippen LogP contribution in [-0.2, 0) is 16.4 Å². The summed E-state index contributed by atoms with van der Waals surface area (Å²) in [5, 5.41) is 8.50. The Morgan fingerprint density at radius 3 is 2.73 bits per heavy atom. The fourth-order valence-corrected chi connectivity index (χ4v) is 3.29. The summed E-state index contributed by atoms with van der Waals surface area (Å²) < 4.78 is 25.8. The average Bonchev–Trinajstić information content (AvgIpc) is 2.51. The van der Waals surface area contributed by atoms with Gasteiger partial charge in [-0.25, -0.2) is 13.1 Å². The highest BCUT2D eigenvalue weighted by Crippen LogP contribution is 2.22. The normalized spacial score (nSPS) is 11.9. The highest BCUT2D eigenvalue weighted by Gasteiger charge is 2.08. The highest BCUT2D eigenvalue weighted by molar-refractivity contribution is 9.11. The van der Waals surface area contributed by atoms with Crippen LogP contribution in [0.25, 0.3) is 0 Å². The number of halogens is 1. The van der Waals surface area contributed by atoms with Crippen LogP contribution in [0.4, 0.5) is 0 Å². The van der Waals surface area contributed by atoms with Crippen molar-refractivity contribution >= 4 is 37.3 Å². The van der Waals surface area contributed by atoms with Crippen molar-refractivity contribution in [2.24, 2.45) is 0 Å². The zero-order valence-corrected chi connectivity index (χ0v) is 11.2. The van der Waals surface area contributed by atoms with Gasteiger partial charge < -0.3 is 5.11 Å². The summed E-state index contributed by atoms with van der Waals surface area (Å²) in [6.45, 7) is 0.0230. The summed E-state index contributed by atoms with van der Waals surface area (Å²) in [5.74, 6) is -0.235. The minimum Gasteiger partial charge on any atom is -0.395 e. The fraction of sp³-hybridized carbons (Fsp3) is 0.500. The number of nitrogens with one attached hydrogen (secondary N) is 1. The maximum absolute atomic E-state index is 11.1. The molecule has 0 atom stereocenters. The first kappa shape index (κ1) is 13.1. The number of rotatable bonds is 6. The van der Waals surface area contributed by atoms with Gasteiger partial charge in [-0.3, -0.25) is 0 Å². The molecule has 0 fully saturated rings. The van der Waals surface area contributed by atoms with Gasteiger partial charge in [0.2, 0.25) is 10.0 Å². The Morgan fingerprint density at radius 1 is 1.47 bits per heavy atom. The summed E-state index contributed by atoms with van der Waals surface area (Å²) in [4.78, 5) is 1.12. The van der Waals surface area contributed by atoms with Gasteiger partial charge in [0.05, 0.1) is 16.1 Å². The van der Waals surface area contributed by atoms with Gasteiger partial charge in [0.25, 0.3) is 0 Å². The van der Waals surface area contributed by atoms with E-state index >= 15 is 0 Å². The van der Waals surface area contributed by atoms with Gasteiger partial charge in [0.15, 0.2) is 0 Å². The third kappa shape index (κ3) is 5.07. The van der Waals surface area contributed by atoms with E-state index in [1.807, 2.05) is 12.1 Å². The molecule has 15 heavy (non-hydrogen) atoms. The smallest absolute Gasteiger partial charge is 0.213 e. The Labute approximate surface area is 102 Å². The molecule has 2 N–H and O–H groups in total. The Kier molecular flexibility index (Phi) is 5.20. The summed E-state index contributed by atoms with van der Waals surface area (Å²) >= 11 is 4.92. The first-order valence-electron chi connectivity index (χ1n) is 4.36. The third-order valence-corrected chi connectivity index (χ3v) is 4.73. The molecule has 0 saturated carbocycles. The first-order chi connectivity index (χ1) is 7.03. The lowest BCUT2D eigenvalue weighted by molar-refractivity contribution is 0.319. The molecule has 86 valence electrons. The van der Waals surface area contributed by atoms with Crippen LogP contribution < -0.4 is 4.72 Å². The second-order valence-electron chi connectivity index (χ2n) is 2.89.